The van der Waals surface area contributed by atoms with Crippen LogP contribution in [0.25, 0.3) is 33.3 Å². The van der Waals surface area contributed by atoms with Crippen molar-refractivity contribution in [1.82, 2.24) is 20.2 Å². The Morgan fingerprint density at radius 3 is 2.37 bits per heavy atom. The third-order valence-electron chi connectivity index (χ3n) is 5.13. The summed E-state index contributed by atoms with van der Waals surface area (Å²) >= 11 is 0. The first-order valence-corrected chi connectivity index (χ1v) is 9.80. The second-order valence-corrected chi connectivity index (χ2v) is 7.21. The fourth-order valence-electron chi connectivity index (χ4n) is 3.50. The van der Waals surface area contributed by atoms with Crippen LogP contribution in [0.1, 0.15) is 10.4 Å². The molecule has 0 atom stereocenters. The molecular weight excluding hydrogens is 502 g/mol. The normalized spacial score (nSPS) is 10.4. The number of hydrogen-bond acceptors (Lipinski definition) is 4. The summed E-state index contributed by atoms with van der Waals surface area (Å²) in [5.74, 6) is -3.42. The van der Waals surface area contributed by atoms with E-state index in [-0.39, 0.29) is 36.1 Å². The molecule has 35 heavy (non-hydrogen) atoms. The van der Waals surface area contributed by atoms with Crippen LogP contribution in [0, 0.1) is 17.5 Å². The van der Waals surface area contributed by atoms with Crippen molar-refractivity contribution in [3.8, 4) is 22.4 Å². The maximum Gasteiger partial charge on any atom is 0.258 e. The van der Waals surface area contributed by atoms with E-state index < -0.39 is 23.4 Å². The van der Waals surface area contributed by atoms with Gasteiger partial charge in [-0.3, -0.25) is 9.89 Å². The molecule has 0 spiro atoms. The lowest BCUT2D eigenvalue weighted by atomic mass is 10.0. The second-order valence-electron chi connectivity index (χ2n) is 7.21. The van der Waals surface area contributed by atoms with Crippen LogP contribution in [0.4, 0.5) is 18.9 Å². The van der Waals surface area contributed by atoms with Gasteiger partial charge in [-0.05, 0) is 48.0 Å². The number of carbonyl (C=O) groups is 1. The molecule has 0 unspecified atom stereocenters. The summed E-state index contributed by atoms with van der Waals surface area (Å²) in [7, 11) is 0. The van der Waals surface area contributed by atoms with Gasteiger partial charge in [0.25, 0.3) is 5.91 Å². The zero-order valence-corrected chi connectivity index (χ0v) is 19.3. The molecule has 0 aliphatic carbocycles. The number of aromatic amines is 1. The van der Waals surface area contributed by atoms with Crippen LogP contribution >= 0.6 is 24.8 Å². The number of aromatic nitrogens is 4. The van der Waals surface area contributed by atoms with E-state index in [2.05, 4.69) is 25.5 Å². The number of nitrogens with one attached hydrogen (secondary N) is 2. The van der Waals surface area contributed by atoms with Crippen molar-refractivity contribution in [2.75, 3.05) is 5.32 Å². The molecule has 5 aromatic rings. The lowest BCUT2D eigenvalue weighted by Crippen LogP contribution is -2.15. The van der Waals surface area contributed by atoms with Crippen LogP contribution in [0.15, 0.2) is 73.3 Å². The van der Waals surface area contributed by atoms with Gasteiger partial charge in [-0.25, -0.2) is 23.1 Å². The first-order valence-electron chi connectivity index (χ1n) is 9.80. The van der Waals surface area contributed by atoms with Gasteiger partial charge in [0.15, 0.2) is 0 Å². The van der Waals surface area contributed by atoms with Gasteiger partial charge in [0.1, 0.15) is 23.8 Å². The summed E-state index contributed by atoms with van der Waals surface area (Å²) in [6, 6.07) is 12.3. The zero-order chi connectivity index (χ0) is 22.9. The number of nitrogens with zero attached hydrogens (tertiary/aromatic N) is 3. The predicted molar refractivity (Wildman–Crippen MR) is 131 cm³/mol. The summed E-state index contributed by atoms with van der Waals surface area (Å²) in [5.41, 5.74) is 2.80. The third-order valence-corrected chi connectivity index (χ3v) is 5.13. The monoisotopic (exact) mass is 517 g/mol. The van der Waals surface area contributed by atoms with Gasteiger partial charge in [-0.15, -0.1) is 24.8 Å². The van der Waals surface area contributed by atoms with E-state index in [0.717, 1.165) is 29.3 Å². The highest BCUT2D eigenvalue weighted by Gasteiger charge is 2.17. The average molecular weight is 518 g/mol. The summed E-state index contributed by atoms with van der Waals surface area (Å²) in [6.07, 6.45) is 4.81. The standard InChI is InChI=1S/C24H14F3N5O.2ClH/c25-16-3-6-22(20(27)9-16)32-24(33)17-8-14(1-4-19(17)26)23-18-7-13(15-10-30-31-11-15)2-5-21(18)28-12-29-23;;/h1-12H,(H,30,31)(H,32,33);2*1H. The number of carbonyl (C=O) groups excluding carboxylic acids is 1. The van der Waals surface area contributed by atoms with Crippen LogP contribution in [-0.2, 0) is 0 Å². The summed E-state index contributed by atoms with van der Waals surface area (Å²) < 4.78 is 41.6. The number of fused-ring (bicyclic) bond motifs is 1. The third kappa shape index (κ3) is 5.11. The van der Waals surface area contributed by atoms with Crippen molar-refractivity contribution < 1.29 is 18.0 Å². The van der Waals surface area contributed by atoms with E-state index in [9.17, 15) is 18.0 Å². The van der Waals surface area contributed by atoms with E-state index in [4.69, 9.17) is 0 Å². The lowest BCUT2D eigenvalue weighted by Gasteiger charge is -2.11. The Kier molecular flexibility index (Phi) is 7.73. The minimum atomic E-state index is -0.964. The van der Waals surface area contributed by atoms with Crippen molar-refractivity contribution in [3.63, 3.8) is 0 Å². The summed E-state index contributed by atoms with van der Waals surface area (Å²) in [4.78, 5) is 21.3. The Morgan fingerprint density at radius 1 is 0.829 bits per heavy atom. The molecule has 3 aromatic carbocycles. The molecule has 0 fully saturated rings. The highest BCUT2D eigenvalue weighted by atomic mass is 35.5. The van der Waals surface area contributed by atoms with E-state index in [0.29, 0.717) is 28.2 Å². The predicted octanol–water partition coefficient (Wildman–Crippen LogP) is 6.20. The zero-order valence-electron chi connectivity index (χ0n) is 17.6. The summed E-state index contributed by atoms with van der Waals surface area (Å²) in [6.45, 7) is 0. The number of rotatable bonds is 4. The van der Waals surface area contributed by atoms with Crippen molar-refractivity contribution in [3.05, 3.63) is 96.3 Å². The molecule has 5 rings (SSSR count). The van der Waals surface area contributed by atoms with Gasteiger partial charge in [-0.1, -0.05) is 6.07 Å². The average Bonchev–Trinajstić information content (AvgIpc) is 3.35. The second kappa shape index (κ2) is 10.5. The lowest BCUT2D eigenvalue weighted by molar-refractivity contribution is 0.102. The van der Waals surface area contributed by atoms with Crippen molar-refractivity contribution in [2.45, 2.75) is 0 Å². The Labute approximate surface area is 209 Å². The number of benzene rings is 3. The number of amides is 1. The van der Waals surface area contributed by atoms with Crippen LogP contribution in [0.3, 0.4) is 0 Å². The quantitative estimate of drug-likeness (QED) is 0.297. The van der Waals surface area contributed by atoms with Gasteiger partial charge in [0.05, 0.1) is 28.7 Å². The molecule has 0 saturated heterocycles. The Morgan fingerprint density at radius 2 is 1.63 bits per heavy atom. The number of halogens is 5. The van der Waals surface area contributed by atoms with Crippen LogP contribution in [0.2, 0.25) is 0 Å². The summed E-state index contributed by atoms with van der Waals surface area (Å²) in [5, 5.41) is 9.68. The van der Waals surface area contributed by atoms with Crippen LogP contribution in [0.5, 0.6) is 0 Å². The number of hydrogen-bond donors (Lipinski definition) is 2. The maximum absolute atomic E-state index is 14.5. The molecular formula is C24H16Cl2F3N5O. The van der Waals surface area contributed by atoms with E-state index in [1.54, 1.807) is 12.4 Å². The highest BCUT2D eigenvalue weighted by molar-refractivity contribution is 6.06. The highest BCUT2D eigenvalue weighted by Crippen LogP contribution is 2.30. The fraction of sp³-hybridized carbons (Fsp3) is 0. The minimum Gasteiger partial charge on any atom is -0.319 e. The fourth-order valence-corrected chi connectivity index (χ4v) is 3.50. The Hall–Kier alpha value is -3.95. The number of H-pyrrole nitrogens is 1. The van der Waals surface area contributed by atoms with Crippen molar-refractivity contribution in [1.29, 1.82) is 0 Å². The molecule has 178 valence electrons. The molecule has 2 aromatic heterocycles. The molecule has 0 aliphatic rings. The Balaban J connectivity index is 0.00000171. The molecule has 11 heteroatoms. The molecule has 0 bridgehead atoms. The topological polar surface area (TPSA) is 83.6 Å². The van der Waals surface area contributed by atoms with E-state index in [1.165, 1.54) is 18.5 Å². The van der Waals surface area contributed by atoms with Gasteiger partial charge in [-0.2, -0.15) is 5.10 Å². The minimum absolute atomic E-state index is 0. The molecule has 0 aliphatic heterocycles. The Bertz CT molecular complexity index is 1510. The molecule has 0 saturated carbocycles. The van der Waals surface area contributed by atoms with Gasteiger partial charge in [0.2, 0.25) is 0 Å². The molecule has 6 nitrogen and oxygen atoms in total. The van der Waals surface area contributed by atoms with Crippen molar-refractivity contribution in [2.24, 2.45) is 0 Å². The van der Waals surface area contributed by atoms with E-state index in [1.807, 2.05) is 18.2 Å². The smallest absolute Gasteiger partial charge is 0.258 e. The first kappa shape index (κ1) is 25.7. The number of anilines is 1. The molecule has 2 heterocycles. The maximum atomic E-state index is 14.5. The van der Waals surface area contributed by atoms with Crippen LogP contribution in [-0.4, -0.2) is 26.1 Å². The van der Waals surface area contributed by atoms with Crippen molar-refractivity contribution >= 4 is 47.3 Å². The van der Waals surface area contributed by atoms with Gasteiger partial charge >= 0.3 is 0 Å². The SMILES string of the molecule is Cl.Cl.O=C(Nc1ccc(F)cc1F)c1cc(-c2ncnc3ccc(-c4cn[nH]c4)cc23)ccc1F. The van der Waals surface area contributed by atoms with Gasteiger partial charge < -0.3 is 5.32 Å². The van der Waals surface area contributed by atoms with Crippen LogP contribution < -0.4 is 5.32 Å². The van der Waals surface area contributed by atoms with Gasteiger partial charge in [0, 0.05) is 28.8 Å². The largest absolute Gasteiger partial charge is 0.319 e. The first-order chi connectivity index (χ1) is 16.0. The van der Waals surface area contributed by atoms with E-state index >= 15 is 0 Å². The molecule has 1 amide bonds. The molecule has 0 radical (unpaired) electrons. The molecule has 2 N–H and O–H groups in total.